The van der Waals surface area contributed by atoms with Gasteiger partial charge < -0.3 is 44.7 Å². The highest BCUT2D eigenvalue weighted by molar-refractivity contribution is 5.95. The monoisotopic (exact) mass is 811 g/mol. The average molecular weight is 812 g/mol. The quantitative estimate of drug-likeness (QED) is 0.120. The predicted octanol–water partition coefficient (Wildman–Crippen LogP) is 3.16. The van der Waals surface area contributed by atoms with Crippen LogP contribution in [0, 0.1) is 16.7 Å². The molecule has 312 valence electrons. The summed E-state index contributed by atoms with van der Waals surface area (Å²) >= 11 is 0. The Bertz CT molecular complexity index is 2160. The van der Waals surface area contributed by atoms with Gasteiger partial charge in [-0.25, -0.2) is 9.59 Å². The van der Waals surface area contributed by atoms with Crippen LogP contribution in [0.15, 0.2) is 102 Å². The van der Waals surface area contributed by atoms with Crippen LogP contribution in [0.25, 0.3) is 0 Å². The minimum Gasteiger partial charge on any atom is -0.456 e. The molecule has 11 atom stereocenters. The second kappa shape index (κ2) is 15.4. The Morgan fingerprint density at radius 3 is 2.00 bits per heavy atom. The first-order chi connectivity index (χ1) is 27.9. The number of Topliss-reactive ketones (excluding diaryl/α,β-unsaturated/α-hetero) is 1. The van der Waals surface area contributed by atoms with Crippen LogP contribution in [0.4, 0.5) is 0 Å². The third kappa shape index (κ3) is 6.76. The second-order valence-electron chi connectivity index (χ2n) is 16.8. The SMILES string of the molecule is CC(=O)O[C@@]12CO[C@@H]1C[C@@H](O)[C@@]1(C)C(=O)[C@H](O)C3=C(C)C(OC(=O)C(O)C(NC(=O)c4ccccc4)c4ccccc4)C[C@@](O)(C(OC(=O)c4ccccc4)C12)C3(C)C. The summed E-state index contributed by atoms with van der Waals surface area (Å²) in [6.45, 7) is 6.89. The van der Waals surface area contributed by atoms with Crippen molar-refractivity contribution in [2.75, 3.05) is 6.61 Å². The highest BCUT2D eigenvalue weighted by Gasteiger charge is 2.78. The van der Waals surface area contributed by atoms with Gasteiger partial charge in [-0.05, 0) is 54.8 Å². The van der Waals surface area contributed by atoms with E-state index in [1.54, 1.807) is 92.7 Å². The van der Waals surface area contributed by atoms with Gasteiger partial charge in [0.1, 0.15) is 30.0 Å². The number of benzene rings is 3. The summed E-state index contributed by atoms with van der Waals surface area (Å²) in [7, 11) is 0. The number of amides is 1. The fourth-order valence-corrected chi connectivity index (χ4v) is 9.94. The zero-order valence-corrected chi connectivity index (χ0v) is 33.4. The maximum absolute atomic E-state index is 15.0. The van der Waals surface area contributed by atoms with E-state index in [1.807, 2.05) is 0 Å². The number of nitrogens with one attached hydrogen (secondary N) is 1. The third-order valence-electron chi connectivity index (χ3n) is 13.2. The molecule has 14 nitrogen and oxygen atoms in total. The fraction of sp³-hybridized carbons (Fsp3) is 0.444. The molecular formula is C45H49NO13. The van der Waals surface area contributed by atoms with Crippen LogP contribution >= 0.6 is 0 Å². The van der Waals surface area contributed by atoms with Gasteiger partial charge in [0.25, 0.3) is 5.91 Å². The summed E-state index contributed by atoms with van der Waals surface area (Å²) < 4.78 is 24.2. The van der Waals surface area contributed by atoms with Gasteiger partial charge in [-0.2, -0.15) is 0 Å². The number of aliphatic hydroxyl groups excluding tert-OH is 3. The van der Waals surface area contributed by atoms with Gasteiger partial charge in [0, 0.05) is 30.7 Å². The van der Waals surface area contributed by atoms with E-state index in [0.29, 0.717) is 5.56 Å². The Labute approximate surface area is 341 Å². The van der Waals surface area contributed by atoms with Gasteiger partial charge in [0.15, 0.2) is 17.5 Å². The molecule has 14 heteroatoms. The summed E-state index contributed by atoms with van der Waals surface area (Å²) in [5.74, 6) is -5.89. The molecule has 3 fully saturated rings. The highest BCUT2D eigenvalue weighted by Crippen LogP contribution is 2.64. The lowest BCUT2D eigenvalue weighted by molar-refractivity contribution is -0.346. The van der Waals surface area contributed by atoms with Gasteiger partial charge in [-0.3, -0.25) is 14.4 Å². The second-order valence-corrected chi connectivity index (χ2v) is 16.8. The first-order valence-corrected chi connectivity index (χ1v) is 19.6. The molecule has 2 saturated carbocycles. The summed E-state index contributed by atoms with van der Waals surface area (Å²) in [6, 6.07) is 23.1. The molecule has 3 aromatic rings. The number of hydrogen-bond donors (Lipinski definition) is 5. The van der Waals surface area contributed by atoms with E-state index in [2.05, 4.69) is 5.32 Å². The molecule has 7 rings (SSSR count). The van der Waals surface area contributed by atoms with Crippen LogP contribution < -0.4 is 5.32 Å². The maximum atomic E-state index is 15.0. The topological polar surface area (TPSA) is 215 Å². The molecule has 4 aliphatic rings. The van der Waals surface area contributed by atoms with E-state index >= 15 is 0 Å². The van der Waals surface area contributed by atoms with E-state index in [-0.39, 0.29) is 35.3 Å². The minimum atomic E-state index is -2.35. The van der Waals surface area contributed by atoms with Gasteiger partial charge >= 0.3 is 17.9 Å². The van der Waals surface area contributed by atoms with Crippen molar-refractivity contribution in [1.29, 1.82) is 0 Å². The summed E-state index contributed by atoms with van der Waals surface area (Å²) in [5, 5.41) is 51.9. The zero-order valence-electron chi connectivity index (χ0n) is 33.4. The van der Waals surface area contributed by atoms with Crippen molar-refractivity contribution in [2.45, 2.75) is 101 Å². The van der Waals surface area contributed by atoms with Gasteiger partial charge in [0.2, 0.25) is 0 Å². The fourth-order valence-electron chi connectivity index (χ4n) is 9.94. The molecule has 3 aromatic carbocycles. The first kappa shape index (κ1) is 41.9. The molecule has 1 aliphatic heterocycles. The molecule has 3 aliphatic carbocycles. The van der Waals surface area contributed by atoms with Gasteiger partial charge in [-0.1, -0.05) is 80.6 Å². The van der Waals surface area contributed by atoms with Crippen molar-refractivity contribution in [3.63, 3.8) is 0 Å². The lowest BCUT2D eigenvalue weighted by Crippen LogP contribution is -2.81. The molecular weight excluding hydrogens is 762 g/mol. The van der Waals surface area contributed by atoms with Crippen molar-refractivity contribution in [1.82, 2.24) is 5.32 Å². The largest absolute Gasteiger partial charge is 0.456 e. The van der Waals surface area contributed by atoms with Crippen LogP contribution in [0.3, 0.4) is 0 Å². The molecule has 1 amide bonds. The van der Waals surface area contributed by atoms with E-state index in [4.69, 9.17) is 18.9 Å². The Hall–Kier alpha value is -5.25. The molecule has 0 aromatic heterocycles. The number of esters is 3. The van der Waals surface area contributed by atoms with Crippen molar-refractivity contribution in [3.8, 4) is 0 Å². The Kier molecular flexibility index (Phi) is 10.9. The number of ketones is 1. The van der Waals surface area contributed by atoms with Gasteiger partial charge in [-0.15, -0.1) is 0 Å². The number of fused-ring (bicyclic) bond motifs is 5. The normalized spacial score (nSPS) is 33.0. The molecule has 2 bridgehead atoms. The first-order valence-electron chi connectivity index (χ1n) is 19.6. The zero-order chi connectivity index (χ0) is 42.7. The smallest absolute Gasteiger partial charge is 0.338 e. The Morgan fingerprint density at radius 2 is 1.44 bits per heavy atom. The van der Waals surface area contributed by atoms with Crippen molar-refractivity contribution >= 4 is 29.6 Å². The van der Waals surface area contributed by atoms with Gasteiger partial charge in [0.05, 0.1) is 35.6 Å². The minimum absolute atomic E-state index is 0.0540. The molecule has 5 N–H and O–H groups in total. The number of aliphatic hydroxyl groups is 4. The molecule has 59 heavy (non-hydrogen) atoms. The van der Waals surface area contributed by atoms with E-state index in [9.17, 15) is 44.4 Å². The van der Waals surface area contributed by atoms with E-state index < -0.39 is 107 Å². The molecule has 0 radical (unpaired) electrons. The summed E-state index contributed by atoms with van der Waals surface area (Å²) in [4.78, 5) is 69.5. The Balaban J connectivity index is 1.34. The molecule has 0 spiro atoms. The lowest BCUT2D eigenvalue weighted by Gasteiger charge is -2.67. The van der Waals surface area contributed by atoms with E-state index in [1.165, 1.54) is 26.0 Å². The lowest BCUT2D eigenvalue weighted by atomic mass is 9.44. The number of hydrogen-bond acceptors (Lipinski definition) is 13. The number of carbonyl (C=O) groups is 5. The number of ether oxygens (including phenoxy) is 4. The molecule has 5 unspecified atom stereocenters. The molecule has 1 saturated heterocycles. The Morgan fingerprint density at radius 1 is 0.864 bits per heavy atom. The summed E-state index contributed by atoms with van der Waals surface area (Å²) in [5.41, 5.74) is -6.86. The maximum Gasteiger partial charge on any atom is 0.338 e. The van der Waals surface area contributed by atoms with Crippen LogP contribution in [-0.4, -0.2) is 104 Å². The highest BCUT2D eigenvalue weighted by atomic mass is 16.6. The standard InChI is InChI=1S/C45H49NO13/c1-24-29(57-41(54)35(50)33(26-15-9-6-10-16-26)46-39(52)27-17-11-7-12-18-27)22-45(55)38(58-40(53)28-19-13-8-14-20-28)36-43(5,37(51)34(49)32(24)42(45,3)4)30(48)21-31-44(36,23-56-31)59-25(2)47/h6-20,29-31,33-36,38,48-50,55H,21-23H2,1-5H3,(H,46,52)/t29?,30-,31-,33?,34-,35?,36?,38?,43-,44+,45-/m1/s1. The van der Waals surface area contributed by atoms with E-state index in [0.717, 1.165) is 6.92 Å². The predicted molar refractivity (Wildman–Crippen MR) is 208 cm³/mol. The van der Waals surface area contributed by atoms with Crippen LogP contribution in [0.2, 0.25) is 0 Å². The van der Waals surface area contributed by atoms with Crippen molar-refractivity contribution in [2.24, 2.45) is 16.7 Å². The third-order valence-corrected chi connectivity index (χ3v) is 13.2. The number of carbonyl (C=O) groups excluding carboxylic acids is 5. The van der Waals surface area contributed by atoms with Crippen molar-refractivity contribution < 1.29 is 63.3 Å². The van der Waals surface area contributed by atoms with Crippen LogP contribution in [0.5, 0.6) is 0 Å². The summed E-state index contributed by atoms with van der Waals surface area (Å²) in [6.07, 6.45) is -10.5. The number of rotatable bonds is 9. The molecule has 1 heterocycles. The van der Waals surface area contributed by atoms with Crippen LogP contribution in [-0.2, 0) is 33.3 Å². The van der Waals surface area contributed by atoms with Crippen LogP contribution in [0.1, 0.15) is 79.8 Å². The van der Waals surface area contributed by atoms with Crippen molar-refractivity contribution in [3.05, 3.63) is 119 Å². The average Bonchev–Trinajstić information content (AvgIpc) is 3.21.